The van der Waals surface area contributed by atoms with E-state index in [-0.39, 0.29) is 6.04 Å². The first kappa shape index (κ1) is 22.7. The molecule has 1 atom stereocenters. The summed E-state index contributed by atoms with van der Waals surface area (Å²) < 4.78 is 28.8. The third-order valence-electron chi connectivity index (χ3n) is 4.35. The minimum Gasteiger partial charge on any atom is -0.493 e. The molecule has 0 heterocycles. The van der Waals surface area contributed by atoms with Crippen molar-refractivity contribution in [3.63, 3.8) is 0 Å². The molecular formula is C22H31N3O3S. The third kappa shape index (κ3) is 7.42. The average Bonchev–Trinajstić information content (AvgIpc) is 2.69. The van der Waals surface area contributed by atoms with E-state index in [1.807, 2.05) is 24.3 Å². The zero-order chi connectivity index (χ0) is 21.4. The average molecular weight is 418 g/mol. The number of guanidine groups is 1. The van der Waals surface area contributed by atoms with Gasteiger partial charge in [-0.2, -0.15) is 0 Å². The van der Waals surface area contributed by atoms with E-state index < -0.39 is 9.84 Å². The van der Waals surface area contributed by atoms with Gasteiger partial charge in [-0.25, -0.2) is 8.42 Å². The normalized spacial score (nSPS) is 13.2. The Labute approximate surface area is 174 Å². The van der Waals surface area contributed by atoms with Gasteiger partial charge in [0.1, 0.15) is 5.75 Å². The van der Waals surface area contributed by atoms with E-state index in [0.717, 1.165) is 16.9 Å². The molecule has 2 aromatic carbocycles. The lowest BCUT2D eigenvalue weighted by molar-refractivity contribution is 0.271. The molecule has 0 amide bonds. The van der Waals surface area contributed by atoms with E-state index in [1.54, 1.807) is 31.3 Å². The van der Waals surface area contributed by atoms with Crippen molar-refractivity contribution >= 4 is 15.8 Å². The standard InChI is InChI=1S/C22H31N3O3S/c1-16(2)15-28-20-10-8-19(9-11-20)17(3)25-22(23-4)24-14-18-6-12-21(13-7-18)29(5,26)27/h6-13,16-17H,14-15H2,1-5H3,(H2,23,24,25). The van der Waals surface area contributed by atoms with Gasteiger partial charge in [-0.05, 0) is 48.2 Å². The summed E-state index contributed by atoms with van der Waals surface area (Å²) in [6.07, 6.45) is 1.20. The highest BCUT2D eigenvalue weighted by Gasteiger charge is 2.09. The van der Waals surface area contributed by atoms with Crippen LogP contribution < -0.4 is 15.4 Å². The second-order valence-electron chi connectivity index (χ2n) is 7.48. The molecule has 0 aliphatic heterocycles. The molecule has 1 unspecified atom stereocenters. The molecule has 0 bridgehead atoms. The SMILES string of the molecule is CN=C(NCc1ccc(S(C)(=O)=O)cc1)NC(C)c1ccc(OCC(C)C)cc1. The van der Waals surface area contributed by atoms with E-state index in [0.29, 0.717) is 29.9 Å². The summed E-state index contributed by atoms with van der Waals surface area (Å²) in [4.78, 5) is 4.58. The van der Waals surface area contributed by atoms with E-state index in [4.69, 9.17) is 4.74 Å². The van der Waals surface area contributed by atoms with Crippen LogP contribution in [0.2, 0.25) is 0 Å². The van der Waals surface area contributed by atoms with Gasteiger partial charge < -0.3 is 15.4 Å². The predicted octanol–water partition coefficient (Wildman–Crippen LogP) is 3.55. The maximum absolute atomic E-state index is 11.5. The second-order valence-corrected chi connectivity index (χ2v) is 9.50. The molecular weight excluding hydrogens is 386 g/mol. The van der Waals surface area contributed by atoms with E-state index in [1.165, 1.54) is 6.26 Å². The van der Waals surface area contributed by atoms with Crippen LogP contribution in [0.4, 0.5) is 0 Å². The fourth-order valence-corrected chi connectivity index (χ4v) is 3.27. The van der Waals surface area contributed by atoms with Crippen molar-refractivity contribution in [3.8, 4) is 5.75 Å². The van der Waals surface area contributed by atoms with Crippen molar-refractivity contribution in [1.82, 2.24) is 10.6 Å². The number of ether oxygens (including phenoxy) is 1. The van der Waals surface area contributed by atoms with Gasteiger partial charge in [0.15, 0.2) is 15.8 Å². The Morgan fingerprint density at radius 3 is 2.17 bits per heavy atom. The summed E-state index contributed by atoms with van der Waals surface area (Å²) in [5, 5.41) is 6.61. The van der Waals surface area contributed by atoms with Crippen LogP contribution in [0.15, 0.2) is 58.4 Å². The molecule has 0 fully saturated rings. The lowest BCUT2D eigenvalue weighted by Crippen LogP contribution is -2.38. The van der Waals surface area contributed by atoms with Crippen molar-refractivity contribution in [2.45, 2.75) is 38.3 Å². The largest absolute Gasteiger partial charge is 0.493 e. The molecule has 7 heteroatoms. The molecule has 0 spiro atoms. The van der Waals surface area contributed by atoms with Gasteiger partial charge in [0.25, 0.3) is 0 Å². The minimum absolute atomic E-state index is 0.0629. The van der Waals surface area contributed by atoms with Crippen LogP contribution in [-0.4, -0.2) is 34.3 Å². The van der Waals surface area contributed by atoms with E-state index in [9.17, 15) is 8.42 Å². The number of nitrogens with one attached hydrogen (secondary N) is 2. The van der Waals surface area contributed by atoms with Gasteiger partial charge >= 0.3 is 0 Å². The molecule has 0 aromatic heterocycles. The van der Waals surface area contributed by atoms with Crippen LogP contribution in [0.25, 0.3) is 0 Å². The molecule has 2 rings (SSSR count). The lowest BCUT2D eigenvalue weighted by Gasteiger charge is -2.19. The first-order chi connectivity index (χ1) is 13.7. The van der Waals surface area contributed by atoms with Gasteiger partial charge in [-0.3, -0.25) is 4.99 Å². The monoisotopic (exact) mass is 417 g/mol. The smallest absolute Gasteiger partial charge is 0.191 e. The summed E-state index contributed by atoms with van der Waals surface area (Å²) in [6, 6.07) is 15.0. The molecule has 2 aromatic rings. The highest BCUT2D eigenvalue weighted by Crippen LogP contribution is 2.18. The maximum atomic E-state index is 11.5. The Morgan fingerprint density at radius 2 is 1.66 bits per heavy atom. The van der Waals surface area contributed by atoms with Gasteiger partial charge in [-0.1, -0.05) is 38.1 Å². The van der Waals surface area contributed by atoms with Gasteiger partial charge in [0, 0.05) is 19.8 Å². The Morgan fingerprint density at radius 1 is 1.03 bits per heavy atom. The number of sulfone groups is 1. The highest BCUT2D eigenvalue weighted by molar-refractivity contribution is 7.90. The minimum atomic E-state index is -3.18. The lowest BCUT2D eigenvalue weighted by atomic mass is 10.1. The van der Waals surface area contributed by atoms with Crippen LogP contribution in [-0.2, 0) is 16.4 Å². The molecule has 0 saturated carbocycles. The second kappa shape index (κ2) is 10.3. The fourth-order valence-electron chi connectivity index (χ4n) is 2.64. The van der Waals surface area contributed by atoms with Crippen molar-refractivity contribution < 1.29 is 13.2 Å². The summed E-state index contributed by atoms with van der Waals surface area (Å²) in [7, 11) is -1.46. The van der Waals surface area contributed by atoms with Crippen molar-refractivity contribution in [3.05, 3.63) is 59.7 Å². The molecule has 2 N–H and O–H groups in total. The Kier molecular flexibility index (Phi) is 8.08. The molecule has 0 aliphatic rings. The molecule has 0 radical (unpaired) electrons. The first-order valence-corrected chi connectivity index (χ1v) is 11.6. The highest BCUT2D eigenvalue weighted by atomic mass is 32.2. The summed E-state index contributed by atoms with van der Waals surface area (Å²) in [5.41, 5.74) is 2.10. The number of benzene rings is 2. The van der Waals surface area contributed by atoms with Crippen LogP contribution >= 0.6 is 0 Å². The van der Waals surface area contributed by atoms with Crippen molar-refractivity contribution in [1.29, 1.82) is 0 Å². The Hall–Kier alpha value is -2.54. The molecule has 6 nitrogen and oxygen atoms in total. The quantitative estimate of drug-likeness (QED) is 0.507. The zero-order valence-corrected chi connectivity index (χ0v) is 18.6. The Bertz CT molecular complexity index is 905. The van der Waals surface area contributed by atoms with Gasteiger partial charge in [0.2, 0.25) is 0 Å². The van der Waals surface area contributed by atoms with Crippen molar-refractivity contribution in [2.24, 2.45) is 10.9 Å². The zero-order valence-electron chi connectivity index (χ0n) is 17.8. The van der Waals surface area contributed by atoms with Crippen LogP contribution in [0.5, 0.6) is 5.75 Å². The van der Waals surface area contributed by atoms with Crippen LogP contribution in [0.1, 0.15) is 37.9 Å². The first-order valence-electron chi connectivity index (χ1n) is 9.68. The molecule has 0 saturated heterocycles. The predicted molar refractivity (Wildman–Crippen MR) is 118 cm³/mol. The van der Waals surface area contributed by atoms with Gasteiger partial charge in [-0.15, -0.1) is 0 Å². The van der Waals surface area contributed by atoms with Crippen LogP contribution in [0.3, 0.4) is 0 Å². The van der Waals surface area contributed by atoms with Gasteiger partial charge in [0.05, 0.1) is 17.5 Å². The number of hydrogen-bond donors (Lipinski definition) is 2. The van der Waals surface area contributed by atoms with Crippen molar-refractivity contribution in [2.75, 3.05) is 19.9 Å². The van der Waals surface area contributed by atoms with Crippen LogP contribution in [0, 0.1) is 5.92 Å². The number of aliphatic imine (C=N–C) groups is 1. The maximum Gasteiger partial charge on any atom is 0.191 e. The summed E-state index contributed by atoms with van der Waals surface area (Å²) >= 11 is 0. The summed E-state index contributed by atoms with van der Waals surface area (Å²) in [5.74, 6) is 2.03. The Balaban J connectivity index is 1.90. The molecule has 158 valence electrons. The fraction of sp³-hybridized carbons (Fsp3) is 0.409. The number of hydrogen-bond acceptors (Lipinski definition) is 4. The number of nitrogens with zero attached hydrogens (tertiary/aromatic N) is 1. The van der Waals surface area contributed by atoms with E-state index >= 15 is 0 Å². The summed E-state index contributed by atoms with van der Waals surface area (Å²) in [6.45, 7) is 7.56. The number of rotatable bonds is 8. The molecule has 29 heavy (non-hydrogen) atoms. The molecule has 0 aliphatic carbocycles. The van der Waals surface area contributed by atoms with E-state index in [2.05, 4.69) is 36.4 Å². The third-order valence-corrected chi connectivity index (χ3v) is 5.48. The topological polar surface area (TPSA) is 79.8 Å².